The van der Waals surface area contributed by atoms with Gasteiger partial charge in [0, 0.05) is 5.41 Å². The Labute approximate surface area is 88.4 Å². The highest BCUT2D eigenvalue weighted by atomic mass is 79.9. The van der Waals surface area contributed by atoms with Crippen LogP contribution in [0.4, 0.5) is 0 Å². The molecule has 0 aromatic rings. The molecule has 13 heavy (non-hydrogen) atoms. The first-order valence-corrected chi connectivity index (χ1v) is 5.25. The van der Waals surface area contributed by atoms with Gasteiger partial charge in [0.1, 0.15) is 10.8 Å². The van der Waals surface area contributed by atoms with Gasteiger partial charge in [-0.05, 0) is 27.4 Å². The number of nitrogens with zero attached hydrogens (tertiary/aromatic N) is 1. The maximum absolute atomic E-state index is 6.02. The van der Waals surface area contributed by atoms with Crippen LogP contribution in [0.1, 0.15) is 27.7 Å². The van der Waals surface area contributed by atoms with Crippen molar-refractivity contribution in [1.82, 2.24) is 0 Å². The van der Waals surface area contributed by atoms with E-state index in [1.807, 2.05) is 6.08 Å². The Kier molecular flexibility index (Phi) is 2.70. The first kappa shape index (κ1) is 10.9. The van der Waals surface area contributed by atoms with E-state index < -0.39 is 0 Å². The monoisotopic (exact) mass is 244 g/mol. The lowest BCUT2D eigenvalue weighted by Gasteiger charge is -2.43. The van der Waals surface area contributed by atoms with Gasteiger partial charge in [0.25, 0.3) is 0 Å². The molecule has 0 aromatic carbocycles. The number of aliphatic imine (C=N–C) groups is 1. The van der Waals surface area contributed by atoms with Gasteiger partial charge < -0.3 is 5.73 Å². The van der Waals surface area contributed by atoms with E-state index in [4.69, 9.17) is 5.73 Å². The van der Waals surface area contributed by atoms with Crippen molar-refractivity contribution >= 4 is 20.6 Å². The Hall–Kier alpha value is -0.150. The maximum atomic E-state index is 6.02. The lowest BCUT2D eigenvalue weighted by Crippen LogP contribution is -2.47. The van der Waals surface area contributed by atoms with Crippen molar-refractivity contribution in [1.29, 1.82) is 0 Å². The number of dihydropyridines is 1. The number of rotatable bonds is 0. The number of hydrogen-bond acceptors (Lipinski definition) is 2. The van der Waals surface area contributed by atoms with E-state index in [9.17, 15) is 0 Å². The summed E-state index contributed by atoms with van der Waals surface area (Å²) >= 11 is 3.33. The zero-order valence-electron chi connectivity index (χ0n) is 8.63. The zero-order valence-corrected chi connectivity index (χ0v) is 10.2. The van der Waals surface area contributed by atoms with Crippen LogP contribution in [0, 0.1) is 10.8 Å². The SMILES string of the molecule is CC(C)(C)C1(C)C=CC(Br)=NC1N. The largest absolute Gasteiger partial charge is 0.309 e. The Bertz CT molecular complexity index is 263. The molecule has 0 aliphatic carbocycles. The summed E-state index contributed by atoms with van der Waals surface area (Å²) in [5.74, 6) is 0. The van der Waals surface area contributed by atoms with Crippen molar-refractivity contribution in [2.45, 2.75) is 33.9 Å². The number of nitrogens with two attached hydrogens (primary N) is 1. The molecule has 0 fully saturated rings. The molecular weight excluding hydrogens is 228 g/mol. The fraction of sp³-hybridized carbons (Fsp3) is 0.700. The van der Waals surface area contributed by atoms with Crippen LogP contribution in [0.15, 0.2) is 17.1 Å². The molecule has 1 aliphatic rings. The molecule has 2 unspecified atom stereocenters. The van der Waals surface area contributed by atoms with Gasteiger partial charge in [-0.2, -0.15) is 0 Å². The van der Waals surface area contributed by atoms with Crippen LogP contribution in [-0.4, -0.2) is 10.8 Å². The Balaban J connectivity index is 3.03. The van der Waals surface area contributed by atoms with Crippen LogP contribution in [0.5, 0.6) is 0 Å². The summed E-state index contributed by atoms with van der Waals surface area (Å²) in [5.41, 5.74) is 6.08. The summed E-state index contributed by atoms with van der Waals surface area (Å²) < 4.78 is 0.835. The lowest BCUT2D eigenvalue weighted by atomic mass is 9.65. The van der Waals surface area contributed by atoms with Crippen LogP contribution in [0.3, 0.4) is 0 Å². The molecule has 0 radical (unpaired) electrons. The number of halogens is 1. The number of hydrogen-bond donors (Lipinski definition) is 1. The summed E-state index contributed by atoms with van der Waals surface area (Å²) in [6.45, 7) is 8.71. The molecule has 0 saturated heterocycles. The first-order chi connectivity index (χ1) is 5.77. The van der Waals surface area contributed by atoms with Gasteiger partial charge in [0.05, 0.1) is 0 Å². The zero-order chi connectivity index (χ0) is 10.3. The van der Waals surface area contributed by atoms with E-state index >= 15 is 0 Å². The summed E-state index contributed by atoms with van der Waals surface area (Å²) in [6.07, 6.45) is 3.97. The van der Waals surface area contributed by atoms with Crippen molar-refractivity contribution in [3.8, 4) is 0 Å². The smallest absolute Gasteiger partial charge is 0.108 e. The topological polar surface area (TPSA) is 38.4 Å². The van der Waals surface area contributed by atoms with Crippen LogP contribution in [0.25, 0.3) is 0 Å². The lowest BCUT2D eigenvalue weighted by molar-refractivity contribution is 0.133. The van der Waals surface area contributed by atoms with E-state index in [1.165, 1.54) is 0 Å². The molecular formula is C10H17BrN2. The van der Waals surface area contributed by atoms with E-state index in [0.29, 0.717) is 0 Å². The summed E-state index contributed by atoms with van der Waals surface area (Å²) in [7, 11) is 0. The summed E-state index contributed by atoms with van der Waals surface area (Å²) in [6, 6.07) is 0. The van der Waals surface area contributed by atoms with Gasteiger partial charge in [0.2, 0.25) is 0 Å². The average Bonchev–Trinajstić information content (AvgIpc) is 1.95. The van der Waals surface area contributed by atoms with Crippen LogP contribution in [0.2, 0.25) is 0 Å². The van der Waals surface area contributed by atoms with E-state index in [0.717, 1.165) is 4.62 Å². The van der Waals surface area contributed by atoms with Gasteiger partial charge in [-0.25, -0.2) is 0 Å². The predicted molar refractivity (Wildman–Crippen MR) is 61.0 cm³/mol. The minimum Gasteiger partial charge on any atom is -0.309 e. The minimum absolute atomic E-state index is 0.0652. The molecule has 0 amide bonds. The van der Waals surface area contributed by atoms with E-state index in [1.54, 1.807) is 0 Å². The maximum Gasteiger partial charge on any atom is 0.108 e. The molecule has 0 bridgehead atoms. The molecule has 2 nitrogen and oxygen atoms in total. The normalized spacial score (nSPS) is 34.6. The van der Waals surface area contributed by atoms with Gasteiger partial charge in [0.15, 0.2) is 0 Å². The second kappa shape index (κ2) is 3.21. The Morgan fingerprint density at radius 3 is 2.46 bits per heavy atom. The van der Waals surface area contributed by atoms with Crippen molar-refractivity contribution in [3.05, 3.63) is 12.2 Å². The van der Waals surface area contributed by atoms with Crippen LogP contribution >= 0.6 is 15.9 Å². The third kappa shape index (κ3) is 1.86. The third-order valence-corrected chi connectivity index (χ3v) is 3.53. The third-order valence-electron chi connectivity index (χ3n) is 3.06. The highest BCUT2D eigenvalue weighted by Crippen LogP contribution is 2.43. The van der Waals surface area contributed by atoms with Crippen molar-refractivity contribution in [3.63, 3.8) is 0 Å². The van der Waals surface area contributed by atoms with Crippen LogP contribution < -0.4 is 5.73 Å². The van der Waals surface area contributed by atoms with E-state index in [-0.39, 0.29) is 17.0 Å². The van der Waals surface area contributed by atoms with Crippen LogP contribution in [-0.2, 0) is 0 Å². The highest BCUT2D eigenvalue weighted by molar-refractivity contribution is 9.18. The quantitative estimate of drug-likeness (QED) is 0.700. The molecule has 1 aliphatic heterocycles. The number of allylic oxidation sites excluding steroid dienone is 1. The second-order valence-corrected chi connectivity index (χ2v) is 5.58. The van der Waals surface area contributed by atoms with Gasteiger partial charge in [-0.3, -0.25) is 4.99 Å². The summed E-state index contributed by atoms with van der Waals surface area (Å²) in [4.78, 5) is 4.33. The molecule has 2 atom stereocenters. The molecule has 0 aromatic heterocycles. The van der Waals surface area contributed by atoms with Gasteiger partial charge in [-0.1, -0.05) is 33.8 Å². The molecule has 1 rings (SSSR count). The van der Waals surface area contributed by atoms with Crippen molar-refractivity contribution in [2.24, 2.45) is 21.6 Å². The highest BCUT2D eigenvalue weighted by Gasteiger charge is 2.41. The van der Waals surface area contributed by atoms with Gasteiger partial charge >= 0.3 is 0 Å². The Morgan fingerprint density at radius 2 is 2.08 bits per heavy atom. The molecule has 0 spiro atoms. The predicted octanol–water partition coefficient (Wildman–Crippen LogP) is 2.69. The standard InChI is InChI=1S/C10H17BrN2/c1-9(2,3)10(4)6-5-7(11)13-8(10)12/h5-6,8H,12H2,1-4H3. The molecule has 74 valence electrons. The van der Waals surface area contributed by atoms with E-state index in [2.05, 4.69) is 54.7 Å². The van der Waals surface area contributed by atoms with Crippen molar-refractivity contribution < 1.29 is 0 Å². The average molecular weight is 245 g/mol. The van der Waals surface area contributed by atoms with Gasteiger partial charge in [-0.15, -0.1) is 0 Å². The van der Waals surface area contributed by atoms with Crippen molar-refractivity contribution in [2.75, 3.05) is 0 Å². The Morgan fingerprint density at radius 1 is 1.54 bits per heavy atom. The fourth-order valence-corrected chi connectivity index (χ4v) is 1.70. The minimum atomic E-state index is -0.160. The summed E-state index contributed by atoms with van der Waals surface area (Å²) in [5, 5.41) is 0. The first-order valence-electron chi connectivity index (χ1n) is 4.45. The molecule has 1 heterocycles. The fourth-order valence-electron chi connectivity index (χ4n) is 1.34. The molecule has 0 saturated carbocycles. The molecule has 2 N–H and O–H groups in total. The second-order valence-electron chi connectivity index (χ2n) is 4.76. The molecule has 3 heteroatoms.